The van der Waals surface area contributed by atoms with Crippen molar-refractivity contribution in [1.82, 2.24) is 9.97 Å². The first-order valence-corrected chi connectivity index (χ1v) is 5.15. The molecular weight excluding hydrogens is 200 g/mol. The van der Waals surface area contributed by atoms with E-state index < -0.39 is 0 Å². The predicted octanol–water partition coefficient (Wildman–Crippen LogP) is 2.77. The zero-order valence-corrected chi connectivity index (χ0v) is 9.69. The molecule has 3 heteroatoms. The van der Waals surface area contributed by atoms with E-state index in [2.05, 4.69) is 42.0 Å². The number of nitrogens with zero attached hydrogens (tertiary/aromatic N) is 2. The molecule has 0 aliphatic carbocycles. The molecule has 16 heavy (non-hydrogen) atoms. The topological polar surface area (TPSA) is 35.0 Å². The normalized spacial score (nSPS) is 10.2. The van der Waals surface area contributed by atoms with Gasteiger partial charge in [-0.15, -0.1) is 0 Å². The monoisotopic (exact) mass is 214 g/mol. The third-order valence-corrected chi connectivity index (χ3v) is 2.50. The van der Waals surface area contributed by atoms with E-state index in [-0.39, 0.29) is 0 Å². The lowest BCUT2D eigenvalue weighted by Crippen LogP contribution is -1.95. The molecule has 0 radical (unpaired) electrons. The fourth-order valence-electron chi connectivity index (χ4n) is 1.74. The summed E-state index contributed by atoms with van der Waals surface area (Å²) in [5.74, 6) is 0.564. The van der Waals surface area contributed by atoms with Crippen LogP contribution in [0.25, 0.3) is 11.3 Å². The maximum absolute atomic E-state index is 5.21. The highest BCUT2D eigenvalue weighted by Crippen LogP contribution is 2.28. The van der Waals surface area contributed by atoms with E-state index in [1.165, 1.54) is 11.1 Å². The quantitative estimate of drug-likeness (QED) is 0.771. The van der Waals surface area contributed by atoms with Gasteiger partial charge in [-0.2, -0.15) is 0 Å². The highest BCUT2D eigenvalue weighted by molar-refractivity contribution is 5.67. The Bertz CT molecular complexity index is 509. The lowest BCUT2D eigenvalue weighted by molar-refractivity contribution is 0.397. The van der Waals surface area contributed by atoms with Crippen LogP contribution in [-0.2, 0) is 0 Å². The van der Waals surface area contributed by atoms with Crippen molar-refractivity contribution >= 4 is 0 Å². The van der Waals surface area contributed by atoms with Crippen molar-refractivity contribution in [3.05, 3.63) is 41.7 Å². The molecule has 1 aromatic heterocycles. The van der Waals surface area contributed by atoms with Crippen molar-refractivity contribution in [2.24, 2.45) is 0 Å². The Morgan fingerprint density at radius 2 is 1.81 bits per heavy atom. The molecule has 0 aliphatic heterocycles. The molecule has 0 saturated heterocycles. The van der Waals surface area contributed by atoms with Gasteiger partial charge in [0.15, 0.2) is 0 Å². The molecule has 0 amide bonds. The standard InChI is InChI=1S/C13H14N2O/c1-9-4-5-11(10(2)8-9)12-13(16-3)15-7-6-14-12/h4-8H,1-3H3. The van der Waals surface area contributed by atoms with Crippen LogP contribution in [0.1, 0.15) is 11.1 Å². The summed E-state index contributed by atoms with van der Waals surface area (Å²) in [6.07, 6.45) is 3.31. The van der Waals surface area contributed by atoms with Gasteiger partial charge in [0.25, 0.3) is 0 Å². The second-order valence-corrected chi connectivity index (χ2v) is 3.73. The molecule has 3 nitrogen and oxygen atoms in total. The Hall–Kier alpha value is -1.90. The summed E-state index contributed by atoms with van der Waals surface area (Å²) in [4.78, 5) is 8.48. The number of benzene rings is 1. The van der Waals surface area contributed by atoms with Gasteiger partial charge in [-0.3, -0.25) is 0 Å². The number of methoxy groups -OCH3 is 1. The highest BCUT2D eigenvalue weighted by Gasteiger charge is 2.10. The van der Waals surface area contributed by atoms with Gasteiger partial charge in [-0.1, -0.05) is 23.8 Å². The van der Waals surface area contributed by atoms with Crippen molar-refractivity contribution in [1.29, 1.82) is 0 Å². The number of rotatable bonds is 2. The van der Waals surface area contributed by atoms with E-state index in [0.29, 0.717) is 5.88 Å². The molecule has 82 valence electrons. The third-order valence-electron chi connectivity index (χ3n) is 2.50. The van der Waals surface area contributed by atoms with Crippen LogP contribution >= 0.6 is 0 Å². The van der Waals surface area contributed by atoms with Crippen LogP contribution in [0.2, 0.25) is 0 Å². The van der Waals surface area contributed by atoms with Crippen LogP contribution in [0.4, 0.5) is 0 Å². The average molecular weight is 214 g/mol. The summed E-state index contributed by atoms with van der Waals surface area (Å²) < 4.78 is 5.21. The predicted molar refractivity (Wildman–Crippen MR) is 63.5 cm³/mol. The van der Waals surface area contributed by atoms with Crippen LogP contribution in [-0.4, -0.2) is 17.1 Å². The SMILES string of the molecule is COc1nccnc1-c1ccc(C)cc1C. The molecule has 2 rings (SSSR count). The second kappa shape index (κ2) is 4.31. The Balaban J connectivity index is 2.58. The summed E-state index contributed by atoms with van der Waals surface area (Å²) in [5.41, 5.74) is 4.28. The maximum atomic E-state index is 5.21. The molecule has 0 saturated carbocycles. The Kier molecular flexibility index (Phi) is 2.86. The van der Waals surface area contributed by atoms with Crippen LogP contribution in [0.15, 0.2) is 30.6 Å². The molecule has 0 bridgehead atoms. The van der Waals surface area contributed by atoms with Gasteiger partial charge in [-0.05, 0) is 19.4 Å². The molecule has 0 unspecified atom stereocenters. The summed E-state index contributed by atoms with van der Waals surface area (Å²) in [6.45, 7) is 4.14. The first kappa shape index (κ1) is 10.6. The Morgan fingerprint density at radius 3 is 2.50 bits per heavy atom. The fraction of sp³-hybridized carbons (Fsp3) is 0.231. The molecule has 0 atom stereocenters. The van der Waals surface area contributed by atoms with E-state index >= 15 is 0 Å². The van der Waals surface area contributed by atoms with Gasteiger partial charge in [0, 0.05) is 18.0 Å². The van der Waals surface area contributed by atoms with E-state index in [4.69, 9.17) is 4.74 Å². The molecular formula is C13H14N2O. The molecule has 0 N–H and O–H groups in total. The van der Waals surface area contributed by atoms with Crippen molar-refractivity contribution in [2.75, 3.05) is 7.11 Å². The van der Waals surface area contributed by atoms with Crippen LogP contribution in [0, 0.1) is 13.8 Å². The van der Waals surface area contributed by atoms with Gasteiger partial charge in [0.1, 0.15) is 5.69 Å². The Labute approximate surface area is 95.1 Å². The lowest BCUT2D eigenvalue weighted by atomic mass is 10.0. The van der Waals surface area contributed by atoms with Gasteiger partial charge >= 0.3 is 0 Å². The van der Waals surface area contributed by atoms with Crippen molar-refractivity contribution in [2.45, 2.75) is 13.8 Å². The number of hydrogen-bond donors (Lipinski definition) is 0. The van der Waals surface area contributed by atoms with Gasteiger partial charge in [0.05, 0.1) is 7.11 Å². The number of hydrogen-bond acceptors (Lipinski definition) is 3. The van der Waals surface area contributed by atoms with E-state index in [0.717, 1.165) is 11.3 Å². The van der Waals surface area contributed by atoms with Crippen LogP contribution < -0.4 is 4.74 Å². The van der Waals surface area contributed by atoms with Gasteiger partial charge < -0.3 is 4.74 Å². The minimum atomic E-state index is 0.564. The highest BCUT2D eigenvalue weighted by atomic mass is 16.5. The largest absolute Gasteiger partial charge is 0.479 e. The number of ether oxygens (including phenoxy) is 1. The first-order valence-electron chi connectivity index (χ1n) is 5.15. The molecule has 1 aromatic carbocycles. The zero-order valence-electron chi connectivity index (χ0n) is 9.69. The van der Waals surface area contributed by atoms with E-state index in [1.807, 2.05) is 0 Å². The van der Waals surface area contributed by atoms with E-state index in [1.54, 1.807) is 19.5 Å². The third kappa shape index (κ3) is 1.89. The van der Waals surface area contributed by atoms with Crippen LogP contribution in [0.3, 0.4) is 0 Å². The second-order valence-electron chi connectivity index (χ2n) is 3.73. The molecule has 2 aromatic rings. The van der Waals surface area contributed by atoms with Crippen molar-refractivity contribution in [3.8, 4) is 17.1 Å². The number of aryl methyl sites for hydroxylation is 2. The van der Waals surface area contributed by atoms with Crippen molar-refractivity contribution < 1.29 is 4.74 Å². The van der Waals surface area contributed by atoms with Gasteiger partial charge in [0.2, 0.25) is 5.88 Å². The minimum absolute atomic E-state index is 0.564. The molecule has 0 fully saturated rings. The van der Waals surface area contributed by atoms with Gasteiger partial charge in [-0.25, -0.2) is 9.97 Å². The number of aromatic nitrogens is 2. The Morgan fingerprint density at radius 1 is 1.06 bits per heavy atom. The molecule has 0 spiro atoms. The zero-order chi connectivity index (χ0) is 11.5. The summed E-state index contributed by atoms with van der Waals surface area (Å²) in [7, 11) is 1.61. The lowest BCUT2D eigenvalue weighted by Gasteiger charge is -2.09. The summed E-state index contributed by atoms with van der Waals surface area (Å²) in [6, 6.07) is 6.25. The summed E-state index contributed by atoms with van der Waals surface area (Å²) >= 11 is 0. The fourth-order valence-corrected chi connectivity index (χ4v) is 1.74. The summed E-state index contributed by atoms with van der Waals surface area (Å²) in [5, 5.41) is 0. The smallest absolute Gasteiger partial charge is 0.240 e. The molecule has 0 aliphatic rings. The van der Waals surface area contributed by atoms with Crippen LogP contribution in [0.5, 0.6) is 5.88 Å². The van der Waals surface area contributed by atoms with Crippen molar-refractivity contribution in [3.63, 3.8) is 0 Å². The maximum Gasteiger partial charge on any atom is 0.240 e. The average Bonchev–Trinajstić information content (AvgIpc) is 2.29. The first-order chi connectivity index (χ1) is 7.72. The minimum Gasteiger partial charge on any atom is -0.479 e. The van der Waals surface area contributed by atoms with E-state index in [9.17, 15) is 0 Å². The molecule has 1 heterocycles.